The second-order valence-electron chi connectivity index (χ2n) is 8.89. The van der Waals surface area contributed by atoms with Gasteiger partial charge in [0.25, 0.3) is 5.69 Å². The highest BCUT2D eigenvalue weighted by Crippen LogP contribution is 2.28. The van der Waals surface area contributed by atoms with E-state index in [1.54, 1.807) is 32.1 Å². The molecule has 2 aromatic carbocycles. The number of methoxy groups -OCH3 is 2. The Labute approximate surface area is 233 Å². The van der Waals surface area contributed by atoms with Gasteiger partial charge >= 0.3 is 0 Å². The first-order chi connectivity index (χ1) is 18.6. The number of nitrogens with zero attached hydrogens (tertiary/aromatic N) is 3. The van der Waals surface area contributed by atoms with Gasteiger partial charge in [0.1, 0.15) is 0 Å². The number of hydrogen-bond donors (Lipinski definition) is 0. The number of sulfonamides is 1. The molecule has 0 saturated heterocycles. The molecule has 0 radical (unpaired) electrons. The molecule has 10 nitrogen and oxygen atoms in total. The largest absolute Gasteiger partial charge is 0.493 e. The quantitative estimate of drug-likeness (QED) is 0.201. The number of rotatable bonds is 14. The van der Waals surface area contributed by atoms with Gasteiger partial charge in [0.15, 0.2) is 11.5 Å². The molecular weight excluding hydrogens is 542 g/mol. The highest BCUT2D eigenvalue weighted by molar-refractivity contribution is 7.89. The van der Waals surface area contributed by atoms with E-state index >= 15 is 0 Å². The van der Waals surface area contributed by atoms with Gasteiger partial charge in [-0.3, -0.25) is 14.9 Å². The zero-order valence-corrected chi connectivity index (χ0v) is 24.0. The van der Waals surface area contributed by atoms with Crippen molar-refractivity contribution in [2.24, 2.45) is 0 Å². The van der Waals surface area contributed by atoms with Gasteiger partial charge in [-0.25, -0.2) is 8.42 Å². The van der Waals surface area contributed by atoms with Gasteiger partial charge in [-0.05, 0) is 61.0 Å². The molecule has 0 aliphatic carbocycles. The second-order valence-corrected chi connectivity index (χ2v) is 11.8. The summed E-state index contributed by atoms with van der Waals surface area (Å²) in [5.74, 6) is 0.853. The predicted octanol–water partition coefficient (Wildman–Crippen LogP) is 4.73. The number of benzene rings is 2. The minimum absolute atomic E-state index is 0.101. The van der Waals surface area contributed by atoms with Crippen LogP contribution in [0.4, 0.5) is 5.69 Å². The molecule has 39 heavy (non-hydrogen) atoms. The summed E-state index contributed by atoms with van der Waals surface area (Å²) >= 11 is 1.52. The summed E-state index contributed by atoms with van der Waals surface area (Å²) in [5.41, 5.74) is 0.728. The molecule has 0 saturated carbocycles. The summed E-state index contributed by atoms with van der Waals surface area (Å²) in [4.78, 5) is 26.6. The third kappa shape index (κ3) is 7.55. The van der Waals surface area contributed by atoms with Crippen LogP contribution in [0.2, 0.25) is 0 Å². The van der Waals surface area contributed by atoms with Crippen molar-refractivity contribution >= 4 is 33.0 Å². The number of ether oxygens (including phenoxy) is 2. The molecule has 210 valence electrons. The molecule has 12 heteroatoms. The lowest BCUT2D eigenvalue weighted by Crippen LogP contribution is -2.46. The Hall–Kier alpha value is -3.48. The third-order valence-electron chi connectivity index (χ3n) is 6.43. The highest BCUT2D eigenvalue weighted by atomic mass is 32.2. The number of carbonyl (C=O) groups excluding carboxylic acids is 1. The van der Waals surface area contributed by atoms with Crippen LogP contribution < -0.4 is 9.47 Å². The van der Waals surface area contributed by atoms with E-state index in [2.05, 4.69) is 0 Å². The fourth-order valence-electron chi connectivity index (χ4n) is 3.97. The highest BCUT2D eigenvalue weighted by Gasteiger charge is 2.32. The topological polar surface area (TPSA) is 119 Å². The number of non-ortho nitro benzene ring substituents is 1. The Morgan fingerprint density at radius 3 is 2.33 bits per heavy atom. The van der Waals surface area contributed by atoms with Crippen LogP contribution in [-0.2, 0) is 27.8 Å². The van der Waals surface area contributed by atoms with E-state index in [-0.39, 0.29) is 23.0 Å². The second kappa shape index (κ2) is 13.5. The smallest absolute Gasteiger partial charge is 0.269 e. The summed E-state index contributed by atoms with van der Waals surface area (Å²) in [6.07, 6.45) is 1.01. The molecule has 1 heterocycles. The zero-order chi connectivity index (χ0) is 28.6. The Kier molecular flexibility index (Phi) is 10.4. The SMILES string of the molecule is CCC(C)N(CC(=O)N(CCc1ccc(OC)c(OC)c1)Cc1cccs1)S(=O)(=O)c1ccc([N+](=O)[O-])cc1. The van der Waals surface area contributed by atoms with Gasteiger partial charge in [-0.2, -0.15) is 4.31 Å². The van der Waals surface area contributed by atoms with Gasteiger partial charge < -0.3 is 14.4 Å². The normalized spacial score (nSPS) is 12.2. The van der Waals surface area contributed by atoms with Crippen molar-refractivity contribution in [3.63, 3.8) is 0 Å². The lowest BCUT2D eigenvalue weighted by Gasteiger charge is -2.30. The van der Waals surface area contributed by atoms with E-state index in [1.165, 1.54) is 27.8 Å². The Balaban J connectivity index is 1.85. The van der Waals surface area contributed by atoms with E-state index < -0.39 is 21.0 Å². The number of amides is 1. The van der Waals surface area contributed by atoms with Crippen LogP contribution in [0, 0.1) is 10.1 Å². The lowest BCUT2D eigenvalue weighted by atomic mass is 10.1. The summed E-state index contributed by atoms with van der Waals surface area (Å²) in [7, 11) is -0.973. The number of thiophene rings is 1. The number of hydrogen-bond acceptors (Lipinski definition) is 8. The van der Waals surface area contributed by atoms with Crippen LogP contribution in [0.1, 0.15) is 30.7 Å². The standard InChI is InChI=1S/C27H33N3O7S2/c1-5-20(2)29(39(34,35)24-11-9-22(10-12-24)30(32)33)19-27(31)28(18-23-7-6-16-38-23)15-14-21-8-13-25(36-3)26(17-21)37-4/h6-13,16-17,20H,5,14-15,18-19H2,1-4H3. The molecule has 1 atom stereocenters. The van der Waals surface area contributed by atoms with Crippen LogP contribution >= 0.6 is 11.3 Å². The molecule has 1 unspecified atom stereocenters. The molecule has 3 rings (SSSR count). The Bertz CT molecular complexity index is 1360. The third-order valence-corrected chi connectivity index (χ3v) is 9.26. The minimum Gasteiger partial charge on any atom is -0.493 e. The van der Waals surface area contributed by atoms with Crippen molar-refractivity contribution in [1.29, 1.82) is 0 Å². The Morgan fingerprint density at radius 2 is 1.77 bits per heavy atom. The molecule has 3 aromatic rings. The van der Waals surface area contributed by atoms with Gasteiger partial charge in [0.05, 0.1) is 37.1 Å². The average Bonchev–Trinajstić information content (AvgIpc) is 3.46. The zero-order valence-electron chi connectivity index (χ0n) is 22.4. The first-order valence-electron chi connectivity index (χ1n) is 12.4. The molecule has 0 aliphatic rings. The first-order valence-corrected chi connectivity index (χ1v) is 14.7. The summed E-state index contributed by atoms with van der Waals surface area (Å²) in [6, 6.07) is 13.6. The maximum atomic E-state index is 13.7. The van der Waals surface area contributed by atoms with Crippen LogP contribution in [0.25, 0.3) is 0 Å². The van der Waals surface area contributed by atoms with Crippen molar-refractivity contribution < 1.29 is 27.6 Å². The molecule has 1 aromatic heterocycles. The molecule has 1 amide bonds. The van der Waals surface area contributed by atoms with E-state index in [9.17, 15) is 23.3 Å². The van der Waals surface area contributed by atoms with Gasteiger partial charge in [0, 0.05) is 29.6 Å². The van der Waals surface area contributed by atoms with E-state index in [0.717, 1.165) is 22.6 Å². The fraction of sp³-hybridized carbons (Fsp3) is 0.370. The van der Waals surface area contributed by atoms with Crippen molar-refractivity contribution in [2.75, 3.05) is 27.3 Å². The van der Waals surface area contributed by atoms with Crippen LogP contribution in [0.5, 0.6) is 11.5 Å². The monoisotopic (exact) mass is 575 g/mol. The number of nitro groups is 1. The van der Waals surface area contributed by atoms with E-state index in [4.69, 9.17) is 9.47 Å². The van der Waals surface area contributed by atoms with Gasteiger partial charge in [-0.15, -0.1) is 11.3 Å². The van der Waals surface area contributed by atoms with Crippen LogP contribution in [0.15, 0.2) is 64.9 Å². The first kappa shape index (κ1) is 30.1. The van der Waals surface area contributed by atoms with Gasteiger partial charge in [0.2, 0.25) is 15.9 Å². The van der Waals surface area contributed by atoms with Crippen molar-refractivity contribution in [2.45, 2.75) is 44.2 Å². The lowest BCUT2D eigenvalue weighted by molar-refractivity contribution is -0.384. The summed E-state index contributed by atoms with van der Waals surface area (Å²) < 4.78 is 39.0. The minimum atomic E-state index is -4.09. The maximum Gasteiger partial charge on any atom is 0.269 e. The molecule has 0 aliphatic heterocycles. The summed E-state index contributed by atoms with van der Waals surface area (Å²) in [6.45, 7) is 3.93. The van der Waals surface area contributed by atoms with Gasteiger partial charge in [-0.1, -0.05) is 19.1 Å². The van der Waals surface area contributed by atoms with Crippen LogP contribution in [-0.4, -0.2) is 61.8 Å². The van der Waals surface area contributed by atoms with E-state index in [0.29, 0.717) is 37.4 Å². The Morgan fingerprint density at radius 1 is 1.08 bits per heavy atom. The summed E-state index contributed by atoms with van der Waals surface area (Å²) in [5, 5.41) is 12.9. The molecule has 0 spiro atoms. The molecule has 0 N–H and O–H groups in total. The van der Waals surface area contributed by atoms with E-state index in [1.807, 2.05) is 36.6 Å². The maximum absolute atomic E-state index is 13.7. The predicted molar refractivity (Wildman–Crippen MR) is 150 cm³/mol. The number of carbonyl (C=O) groups is 1. The van der Waals surface area contributed by atoms with Crippen LogP contribution in [0.3, 0.4) is 0 Å². The van der Waals surface area contributed by atoms with Crippen molar-refractivity contribution in [3.05, 3.63) is 80.5 Å². The number of nitro benzene ring substituents is 1. The van der Waals surface area contributed by atoms with Crippen molar-refractivity contribution in [1.82, 2.24) is 9.21 Å². The molecule has 0 fully saturated rings. The van der Waals surface area contributed by atoms with Crippen molar-refractivity contribution in [3.8, 4) is 11.5 Å². The molecule has 0 bridgehead atoms. The molecular formula is C27H33N3O7S2. The fourth-order valence-corrected chi connectivity index (χ4v) is 6.35. The average molecular weight is 576 g/mol.